The SMILES string of the molecule is CN(C)CC(N)c1noc(-c2cncs2)n1. The quantitative estimate of drug-likeness (QED) is 0.848. The van der Waals surface area contributed by atoms with Crippen LogP contribution in [0, 0.1) is 0 Å². The second-order valence-corrected chi connectivity index (χ2v) is 4.58. The third kappa shape index (κ3) is 2.43. The van der Waals surface area contributed by atoms with Gasteiger partial charge in [0, 0.05) is 6.54 Å². The molecule has 1 atom stereocenters. The lowest BCUT2D eigenvalue weighted by Crippen LogP contribution is -2.26. The molecule has 16 heavy (non-hydrogen) atoms. The number of hydrogen-bond acceptors (Lipinski definition) is 7. The Morgan fingerprint density at radius 2 is 2.38 bits per heavy atom. The van der Waals surface area contributed by atoms with E-state index in [-0.39, 0.29) is 6.04 Å². The third-order valence-electron chi connectivity index (χ3n) is 1.98. The van der Waals surface area contributed by atoms with Crippen LogP contribution in [-0.2, 0) is 0 Å². The van der Waals surface area contributed by atoms with Crippen molar-refractivity contribution < 1.29 is 4.52 Å². The van der Waals surface area contributed by atoms with Crippen molar-refractivity contribution >= 4 is 11.3 Å². The number of likely N-dealkylation sites (N-methyl/N-ethyl adjacent to an activating group) is 1. The fourth-order valence-corrected chi connectivity index (χ4v) is 1.82. The minimum atomic E-state index is -0.236. The maximum atomic E-state index is 5.92. The van der Waals surface area contributed by atoms with Crippen molar-refractivity contribution in [2.45, 2.75) is 6.04 Å². The molecule has 0 aliphatic carbocycles. The molecule has 2 heterocycles. The van der Waals surface area contributed by atoms with Crippen molar-refractivity contribution in [1.82, 2.24) is 20.0 Å². The van der Waals surface area contributed by atoms with Crippen molar-refractivity contribution in [3.63, 3.8) is 0 Å². The van der Waals surface area contributed by atoms with E-state index in [0.717, 1.165) is 4.88 Å². The number of thiazole rings is 1. The van der Waals surface area contributed by atoms with Crippen molar-refractivity contribution in [2.75, 3.05) is 20.6 Å². The zero-order valence-electron chi connectivity index (χ0n) is 9.12. The van der Waals surface area contributed by atoms with Gasteiger partial charge in [-0.1, -0.05) is 5.16 Å². The van der Waals surface area contributed by atoms with E-state index in [1.165, 1.54) is 11.3 Å². The molecule has 0 radical (unpaired) electrons. The maximum Gasteiger partial charge on any atom is 0.269 e. The molecule has 0 saturated heterocycles. The van der Waals surface area contributed by atoms with Crippen molar-refractivity contribution in [2.24, 2.45) is 5.73 Å². The highest BCUT2D eigenvalue weighted by Crippen LogP contribution is 2.22. The number of nitrogens with two attached hydrogens (primary N) is 1. The monoisotopic (exact) mass is 239 g/mol. The minimum Gasteiger partial charge on any atom is -0.333 e. The Balaban J connectivity index is 2.13. The highest BCUT2D eigenvalue weighted by Gasteiger charge is 2.16. The fraction of sp³-hybridized carbons (Fsp3) is 0.444. The normalized spacial score (nSPS) is 13.2. The van der Waals surface area contributed by atoms with Crippen LogP contribution in [0.3, 0.4) is 0 Å². The first-order valence-electron chi connectivity index (χ1n) is 4.79. The first kappa shape index (κ1) is 11.2. The number of aromatic nitrogens is 3. The summed E-state index contributed by atoms with van der Waals surface area (Å²) in [7, 11) is 3.90. The summed E-state index contributed by atoms with van der Waals surface area (Å²) in [5.74, 6) is 1.00. The molecule has 0 aliphatic rings. The molecule has 6 nitrogen and oxygen atoms in total. The molecule has 0 amide bonds. The van der Waals surface area contributed by atoms with Gasteiger partial charge in [-0.2, -0.15) is 4.98 Å². The number of nitrogens with zero attached hydrogens (tertiary/aromatic N) is 4. The predicted molar refractivity (Wildman–Crippen MR) is 60.9 cm³/mol. The molecular formula is C9H13N5OS. The zero-order valence-corrected chi connectivity index (χ0v) is 9.94. The van der Waals surface area contributed by atoms with Crippen LogP contribution in [0.25, 0.3) is 10.8 Å². The van der Waals surface area contributed by atoms with E-state index in [4.69, 9.17) is 10.3 Å². The molecule has 0 aliphatic heterocycles. The summed E-state index contributed by atoms with van der Waals surface area (Å²) in [6, 6.07) is -0.236. The van der Waals surface area contributed by atoms with Gasteiger partial charge in [-0.15, -0.1) is 11.3 Å². The van der Waals surface area contributed by atoms with Gasteiger partial charge < -0.3 is 15.2 Å². The fourth-order valence-electron chi connectivity index (χ4n) is 1.28. The smallest absolute Gasteiger partial charge is 0.269 e. The largest absolute Gasteiger partial charge is 0.333 e. The van der Waals surface area contributed by atoms with Crippen LogP contribution in [0.15, 0.2) is 16.2 Å². The average Bonchev–Trinajstić information content (AvgIpc) is 2.87. The highest BCUT2D eigenvalue weighted by molar-refractivity contribution is 7.13. The van der Waals surface area contributed by atoms with Gasteiger partial charge in [0.2, 0.25) is 0 Å². The second-order valence-electron chi connectivity index (χ2n) is 3.69. The lowest BCUT2D eigenvalue weighted by Gasteiger charge is -2.12. The third-order valence-corrected chi connectivity index (χ3v) is 2.74. The van der Waals surface area contributed by atoms with Crippen LogP contribution in [0.1, 0.15) is 11.9 Å². The van der Waals surface area contributed by atoms with Gasteiger partial charge in [-0.3, -0.25) is 4.98 Å². The minimum absolute atomic E-state index is 0.236. The van der Waals surface area contributed by atoms with E-state index >= 15 is 0 Å². The van der Waals surface area contributed by atoms with E-state index in [9.17, 15) is 0 Å². The maximum absolute atomic E-state index is 5.92. The lowest BCUT2D eigenvalue weighted by atomic mass is 10.3. The molecule has 2 aromatic heterocycles. The van der Waals surface area contributed by atoms with Gasteiger partial charge in [-0.05, 0) is 14.1 Å². The number of rotatable bonds is 4. The van der Waals surface area contributed by atoms with Gasteiger partial charge in [0.25, 0.3) is 5.89 Å². The Kier molecular flexibility index (Phi) is 3.28. The molecule has 0 saturated carbocycles. The Bertz CT molecular complexity index is 438. The van der Waals surface area contributed by atoms with Gasteiger partial charge in [-0.25, -0.2) is 0 Å². The lowest BCUT2D eigenvalue weighted by molar-refractivity contribution is 0.357. The second kappa shape index (κ2) is 4.69. The molecule has 0 aromatic carbocycles. The molecule has 86 valence electrons. The topological polar surface area (TPSA) is 81.1 Å². The zero-order chi connectivity index (χ0) is 11.5. The van der Waals surface area contributed by atoms with Crippen molar-refractivity contribution in [1.29, 1.82) is 0 Å². The van der Waals surface area contributed by atoms with Gasteiger partial charge in [0.05, 0.1) is 17.7 Å². The van der Waals surface area contributed by atoms with Crippen molar-refractivity contribution in [3.8, 4) is 10.8 Å². The Morgan fingerprint density at radius 1 is 1.56 bits per heavy atom. The predicted octanol–water partition coefficient (Wildman–Crippen LogP) is 0.754. The van der Waals surface area contributed by atoms with Gasteiger partial charge in [0.1, 0.15) is 4.88 Å². The van der Waals surface area contributed by atoms with Crippen LogP contribution >= 0.6 is 11.3 Å². The molecule has 0 bridgehead atoms. The molecule has 1 unspecified atom stereocenters. The summed E-state index contributed by atoms with van der Waals surface area (Å²) in [5.41, 5.74) is 7.64. The van der Waals surface area contributed by atoms with E-state index in [2.05, 4.69) is 15.1 Å². The van der Waals surface area contributed by atoms with E-state index < -0.39 is 0 Å². The molecular weight excluding hydrogens is 226 g/mol. The van der Waals surface area contributed by atoms with Gasteiger partial charge >= 0.3 is 0 Å². The summed E-state index contributed by atoms with van der Waals surface area (Å²) in [6.45, 7) is 0.682. The molecule has 2 aromatic rings. The summed E-state index contributed by atoms with van der Waals surface area (Å²) >= 11 is 1.46. The van der Waals surface area contributed by atoms with Crippen LogP contribution in [-0.4, -0.2) is 40.7 Å². The molecule has 2 rings (SSSR count). The van der Waals surface area contributed by atoms with E-state index in [1.807, 2.05) is 19.0 Å². The van der Waals surface area contributed by atoms with E-state index in [1.54, 1.807) is 11.7 Å². The molecule has 2 N–H and O–H groups in total. The highest BCUT2D eigenvalue weighted by atomic mass is 32.1. The molecule has 0 spiro atoms. The Labute approximate surface area is 97.1 Å². The summed E-state index contributed by atoms with van der Waals surface area (Å²) in [6.07, 6.45) is 1.69. The molecule has 0 fully saturated rings. The average molecular weight is 239 g/mol. The first-order valence-corrected chi connectivity index (χ1v) is 5.67. The standard InChI is InChI=1S/C9H13N5OS/c1-14(2)4-6(10)8-12-9(15-13-8)7-3-11-5-16-7/h3,5-6H,4,10H2,1-2H3. The van der Waals surface area contributed by atoms with Gasteiger partial charge in [0.15, 0.2) is 5.82 Å². The van der Waals surface area contributed by atoms with Crippen molar-refractivity contribution in [3.05, 3.63) is 17.5 Å². The summed E-state index contributed by atoms with van der Waals surface area (Å²) < 4.78 is 5.12. The van der Waals surface area contributed by atoms with Crippen LogP contribution in [0.4, 0.5) is 0 Å². The Hall–Kier alpha value is -1.31. The Morgan fingerprint density at radius 3 is 3.00 bits per heavy atom. The molecule has 7 heteroatoms. The number of hydrogen-bond donors (Lipinski definition) is 1. The van der Waals surface area contributed by atoms with Crippen LogP contribution in [0.2, 0.25) is 0 Å². The van der Waals surface area contributed by atoms with E-state index in [0.29, 0.717) is 18.3 Å². The van der Waals surface area contributed by atoms with Crippen LogP contribution < -0.4 is 5.73 Å². The van der Waals surface area contributed by atoms with Crippen LogP contribution in [0.5, 0.6) is 0 Å². The summed E-state index contributed by atoms with van der Waals surface area (Å²) in [4.78, 5) is 11.0. The summed E-state index contributed by atoms with van der Waals surface area (Å²) in [5, 5.41) is 3.87. The first-order chi connectivity index (χ1) is 7.66.